The molecule has 0 heterocycles. The van der Waals surface area contributed by atoms with Crippen molar-refractivity contribution in [3.63, 3.8) is 0 Å². The van der Waals surface area contributed by atoms with E-state index in [4.69, 9.17) is 0 Å². The Morgan fingerprint density at radius 1 is 1.67 bits per heavy atom. The van der Waals surface area contributed by atoms with Gasteiger partial charge in [0, 0.05) is 6.54 Å². The summed E-state index contributed by atoms with van der Waals surface area (Å²) in [5.41, 5.74) is 0.670. The van der Waals surface area contributed by atoms with E-state index < -0.39 is 0 Å². The molecule has 0 saturated carbocycles. The smallest absolute Gasteiger partial charge is 0.228 e. The van der Waals surface area contributed by atoms with E-state index in [1.807, 2.05) is 25.1 Å². The molecular formula is C7H12NO. The zero-order chi connectivity index (χ0) is 7.28. The second kappa shape index (κ2) is 4.27. The lowest BCUT2D eigenvalue weighted by Gasteiger charge is -2.03. The molecule has 9 heavy (non-hydrogen) atoms. The predicted molar refractivity (Wildman–Crippen MR) is 38.0 cm³/mol. The molecule has 0 unspecified atom stereocenters. The summed E-state index contributed by atoms with van der Waals surface area (Å²) in [6, 6.07) is 0. The van der Waals surface area contributed by atoms with Crippen molar-refractivity contribution < 1.29 is 4.79 Å². The number of carbonyl (C=O) groups excluding carboxylic acids is 1. The number of likely N-dealkylation sites (N-methyl/N-ethyl adjacent to an activating group) is 1. The molecule has 0 fully saturated rings. The molecule has 0 aromatic heterocycles. The van der Waals surface area contributed by atoms with Gasteiger partial charge in [0.2, 0.25) is 6.29 Å². The summed E-state index contributed by atoms with van der Waals surface area (Å²) in [6.45, 7) is 2.55. The maximum atomic E-state index is 9.91. The lowest BCUT2D eigenvalue weighted by atomic mass is 10.3. The first kappa shape index (κ1) is 8.37. The fourth-order valence-corrected chi connectivity index (χ4v) is 0.361. The normalized spacial score (nSPS) is 12.2. The summed E-state index contributed by atoms with van der Waals surface area (Å²) in [4.78, 5) is 11.9. The Bertz CT molecular complexity index is 116. The lowest BCUT2D eigenvalue weighted by Crippen LogP contribution is -2.11. The predicted octanol–water partition coefficient (Wildman–Crippen LogP) is 0.604. The molecule has 2 nitrogen and oxygen atoms in total. The molecule has 2 heteroatoms. The van der Waals surface area contributed by atoms with Crippen molar-refractivity contribution in [3.8, 4) is 0 Å². The average molecular weight is 126 g/mol. The van der Waals surface area contributed by atoms with Gasteiger partial charge in [0.1, 0.15) is 0 Å². The SMILES string of the molecule is C/C([C]=O)=C\CN(C)C. The van der Waals surface area contributed by atoms with Crippen LogP contribution in [0.2, 0.25) is 0 Å². The van der Waals surface area contributed by atoms with Crippen molar-refractivity contribution in [3.05, 3.63) is 11.6 Å². The molecule has 0 N–H and O–H groups in total. The second-order valence-corrected chi connectivity index (χ2v) is 2.25. The summed E-state index contributed by atoms with van der Waals surface area (Å²) < 4.78 is 0. The quantitative estimate of drug-likeness (QED) is 0.516. The second-order valence-electron chi connectivity index (χ2n) is 2.25. The Labute approximate surface area is 56.2 Å². The van der Waals surface area contributed by atoms with E-state index in [-0.39, 0.29) is 0 Å². The van der Waals surface area contributed by atoms with Gasteiger partial charge < -0.3 is 4.90 Å². The maximum Gasteiger partial charge on any atom is 0.228 e. The first-order valence-electron chi connectivity index (χ1n) is 2.86. The Hall–Kier alpha value is -0.630. The summed E-state index contributed by atoms with van der Waals surface area (Å²) in [7, 11) is 3.91. The molecule has 0 aliphatic rings. The van der Waals surface area contributed by atoms with Crippen LogP contribution in [0.4, 0.5) is 0 Å². The first-order chi connectivity index (χ1) is 4.16. The van der Waals surface area contributed by atoms with E-state index in [2.05, 4.69) is 0 Å². The van der Waals surface area contributed by atoms with Gasteiger partial charge in [0.05, 0.1) is 0 Å². The number of hydrogen-bond donors (Lipinski definition) is 0. The van der Waals surface area contributed by atoms with Crippen molar-refractivity contribution >= 4 is 6.29 Å². The van der Waals surface area contributed by atoms with E-state index >= 15 is 0 Å². The summed E-state index contributed by atoms with van der Waals surface area (Å²) >= 11 is 0. The van der Waals surface area contributed by atoms with E-state index in [0.717, 1.165) is 6.54 Å². The molecule has 51 valence electrons. The van der Waals surface area contributed by atoms with Crippen LogP contribution < -0.4 is 0 Å². The number of hydrogen-bond acceptors (Lipinski definition) is 2. The summed E-state index contributed by atoms with van der Waals surface area (Å²) in [5.74, 6) is 0. The van der Waals surface area contributed by atoms with Crippen LogP contribution in [0.3, 0.4) is 0 Å². The standard InChI is InChI=1S/C7H12NO/c1-7(6-9)4-5-8(2)3/h4H,5H2,1-3H3/b7-4+. The van der Waals surface area contributed by atoms with Gasteiger partial charge in [0.15, 0.2) is 0 Å². The maximum absolute atomic E-state index is 9.91. The molecule has 0 bridgehead atoms. The third kappa shape index (κ3) is 5.24. The third-order valence-corrected chi connectivity index (χ3v) is 0.924. The van der Waals surface area contributed by atoms with Gasteiger partial charge in [-0.3, -0.25) is 4.79 Å². The highest BCUT2D eigenvalue weighted by molar-refractivity contribution is 5.72. The lowest BCUT2D eigenvalue weighted by molar-refractivity contribution is 0.455. The van der Waals surface area contributed by atoms with Crippen molar-refractivity contribution in [1.82, 2.24) is 4.90 Å². The molecule has 0 aromatic rings. The van der Waals surface area contributed by atoms with E-state index in [1.54, 1.807) is 13.2 Å². The van der Waals surface area contributed by atoms with Crippen molar-refractivity contribution in [2.75, 3.05) is 20.6 Å². The van der Waals surface area contributed by atoms with Crippen LogP contribution in [0.15, 0.2) is 11.6 Å². The molecule has 0 aromatic carbocycles. The molecule has 0 amide bonds. The number of rotatable bonds is 3. The van der Waals surface area contributed by atoms with Gasteiger partial charge in [0.25, 0.3) is 0 Å². The van der Waals surface area contributed by atoms with Crippen molar-refractivity contribution in [2.45, 2.75) is 6.92 Å². The zero-order valence-electron chi connectivity index (χ0n) is 6.14. The zero-order valence-corrected chi connectivity index (χ0v) is 6.14. The minimum absolute atomic E-state index is 0.670. The molecular weight excluding hydrogens is 114 g/mol. The van der Waals surface area contributed by atoms with Crippen molar-refractivity contribution in [1.29, 1.82) is 0 Å². The molecule has 0 spiro atoms. The highest BCUT2D eigenvalue weighted by atomic mass is 16.1. The average Bonchev–Trinajstić information content (AvgIpc) is 1.83. The van der Waals surface area contributed by atoms with Crippen LogP contribution >= 0.6 is 0 Å². The van der Waals surface area contributed by atoms with Gasteiger partial charge in [-0.1, -0.05) is 6.08 Å². The Morgan fingerprint density at radius 2 is 2.22 bits per heavy atom. The monoisotopic (exact) mass is 126 g/mol. The number of nitrogens with zero attached hydrogens (tertiary/aromatic N) is 1. The molecule has 0 aliphatic carbocycles. The van der Waals surface area contributed by atoms with Crippen LogP contribution in [0.1, 0.15) is 6.92 Å². The molecule has 0 aliphatic heterocycles. The highest BCUT2D eigenvalue weighted by Gasteiger charge is 1.86. The number of allylic oxidation sites excluding steroid dienone is 1. The molecule has 0 saturated heterocycles. The molecule has 0 atom stereocenters. The van der Waals surface area contributed by atoms with Crippen LogP contribution in [0.5, 0.6) is 0 Å². The highest BCUT2D eigenvalue weighted by Crippen LogP contribution is 1.85. The van der Waals surface area contributed by atoms with Gasteiger partial charge in [-0.05, 0) is 26.6 Å². The largest absolute Gasteiger partial charge is 0.306 e. The molecule has 0 rings (SSSR count). The third-order valence-electron chi connectivity index (χ3n) is 0.924. The Morgan fingerprint density at radius 3 is 2.56 bits per heavy atom. The minimum atomic E-state index is 0.670. The Kier molecular flexibility index (Phi) is 3.97. The topological polar surface area (TPSA) is 20.3 Å². The van der Waals surface area contributed by atoms with Crippen LogP contribution in [0.25, 0.3) is 0 Å². The summed E-state index contributed by atoms with van der Waals surface area (Å²) in [5, 5.41) is 0. The van der Waals surface area contributed by atoms with Gasteiger partial charge >= 0.3 is 0 Å². The van der Waals surface area contributed by atoms with Crippen molar-refractivity contribution in [2.24, 2.45) is 0 Å². The van der Waals surface area contributed by atoms with E-state index in [1.165, 1.54) is 0 Å². The van der Waals surface area contributed by atoms with Crippen LogP contribution in [0, 0.1) is 0 Å². The van der Waals surface area contributed by atoms with Crippen LogP contribution in [-0.4, -0.2) is 31.8 Å². The Balaban J connectivity index is 3.56. The van der Waals surface area contributed by atoms with Gasteiger partial charge in [-0.25, -0.2) is 0 Å². The summed E-state index contributed by atoms with van der Waals surface area (Å²) in [6.07, 6.45) is 3.64. The minimum Gasteiger partial charge on any atom is -0.306 e. The molecule has 1 radical (unpaired) electrons. The van der Waals surface area contributed by atoms with Gasteiger partial charge in [-0.15, -0.1) is 0 Å². The van der Waals surface area contributed by atoms with Crippen LogP contribution in [-0.2, 0) is 4.79 Å². The van der Waals surface area contributed by atoms with Gasteiger partial charge in [-0.2, -0.15) is 0 Å². The van der Waals surface area contributed by atoms with E-state index in [9.17, 15) is 4.79 Å². The first-order valence-corrected chi connectivity index (χ1v) is 2.86. The fraction of sp³-hybridized carbons (Fsp3) is 0.571. The fourth-order valence-electron chi connectivity index (χ4n) is 0.361. The van der Waals surface area contributed by atoms with E-state index in [0.29, 0.717) is 5.57 Å².